The van der Waals surface area contributed by atoms with Crippen LogP contribution in [0.5, 0.6) is 0 Å². The Morgan fingerprint density at radius 1 is 1.26 bits per heavy atom. The molecule has 8 nitrogen and oxygen atoms in total. The van der Waals surface area contributed by atoms with Gasteiger partial charge in [-0.2, -0.15) is 9.78 Å². The average molecular weight is 479 g/mol. The molecule has 0 saturated heterocycles. The molecule has 6 unspecified atom stereocenters. The van der Waals surface area contributed by atoms with Crippen molar-refractivity contribution in [1.82, 2.24) is 19.7 Å². The van der Waals surface area contributed by atoms with E-state index in [0.717, 1.165) is 36.9 Å². The van der Waals surface area contributed by atoms with Crippen LogP contribution < -0.4 is 0 Å². The van der Waals surface area contributed by atoms with Crippen molar-refractivity contribution in [3.8, 4) is 5.95 Å². The van der Waals surface area contributed by atoms with Gasteiger partial charge in [0.2, 0.25) is 0 Å². The molecule has 35 heavy (non-hydrogen) atoms. The van der Waals surface area contributed by atoms with E-state index in [2.05, 4.69) is 28.1 Å². The first-order chi connectivity index (χ1) is 16.6. The maximum absolute atomic E-state index is 12.8. The van der Waals surface area contributed by atoms with Crippen molar-refractivity contribution in [3.63, 3.8) is 0 Å². The third kappa shape index (κ3) is 2.84. The highest BCUT2D eigenvalue weighted by atomic mass is 16.3. The molecule has 3 N–H and O–H groups in total. The van der Waals surface area contributed by atoms with E-state index in [0.29, 0.717) is 12.4 Å². The van der Waals surface area contributed by atoms with E-state index in [4.69, 9.17) is 0 Å². The van der Waals surface area contributed by atoms with E-state index >= 15 is 0 Å². The molecule has 2 aromatic rings. The van der Waals surface area contributed by atoms with Gasteiger partial charge in [0.15, 0.2) is 5.78 Å². The van der Waals surface area contributed by atoms with Crippen molar-refractivity contribution in [2.75, 3.05) is 6.61 Å². The Bertz CT molecular complexity index is 1210. The van der Waals surface area contributed by atoms with Gasteiger partial charge in [0.1, 0.15) is 12.2 Å². The minimum absolute atomic E-state index is 0.0313. The first kappa shape index (κ1) is 23.0. The van der Waals surface area contributed by atoms with Gasteiger partial charge >= 0.3 is 0 Å². The van der Waals surface area contributed by atoms with Crippen molar-refractivity contribution in [2.24, 2.45) is 34.5 Å². The van der Waals surface area contributed by atoms with Crippen molar-refractivity contribution < 1.29 is 20.1 Å². The zero-order valence-electron chi connectivity index (χ0n) is 20.6. The highest BCUT2D eigenvalue weighted by Gasteiger charge is 2.70. The van der Waals surface area contributed by atoms with Crippen molar-refractivity contribution in [2.45, 2.75) is 64.6 Å². The predicted octanol–water partition coefficient (Wildman–Crippen LogP) is 2.35. The second-order valence-electron chi connectivity index (χ2n) is 11.8. The number of nitrogens with zero attached hydrogens (tertiary/aromatic N) is 4. The summed E-state index contributed by atoms with van der Waals surface area (Å²) in [6.07, 6.45) is 10.6. The number of hydrogen-bond acceptors (Lipinski definition) is 7. The number of fused-ring (bicyclic) bond motifs is 6. The van der Waals surface area contributed by atoms with Crippen molar-refractivity contribution in [3.05, 3.63) is 41.5 Å². The number of carbonyl (C=O) groups is 1. The number of aliphatic hydroxyl groups is 3. The molecule has 3 fully saturated rings. The SMILES string of the molecule is C[C@@H]1CC2C3CCC4=Cc5c(cnn5-c5ncccn5)CC4(C)C3C(O)CC2(C)[C@@]1(O)C(=O)CO. The molecule has 2 aromatic heterocycles. The van der Waals surface area contributed by atoms with Crippen LogP contribution in [0.1, 0.15) is 57.7 Å². The molecule has 186 valence electrons. The quantitative estimate of drug-likeness (QED) is 0.619. The molecule has 8 atom stereocenters. The van der Waals surface area contributed by atoms with E-state index in [9.17, 15) is 20.1 Å². The summed E-state index contributed by atoms with van der Waals surface area (Å²) in [7, 11) is 0. The lowest BCUT2D eigenvalue weighted by Crippen LogP contribution is -2.63. The van der Waals surface area contributed by atoms with Crippen LogP contribution in [0.3, 0.4) is 0 Å². The summed E-state index contributed by atoms with van der Waals surface area (Å²) >= 11 is 0. The number of Topliss-reactive ketones (excluding diaryl/α,β-unsaturated/α-hetero) is 1. The second kappa shape index (κ2) is 7.54. The minimum Gasteiger partial charge on any atom is -0.393 e. The fourth-order valence-corrected chi connectivity index (χ4v) is 8.79. The highest BCUT2D eigenvalue weighted by molar-refractivity contribution is 5.90. The van der Waals surface area contributed by atoms with Gasteiger partial charge in [-0.1, -0.05) is 26.3 Å². The van der Waals surface area contributed by atoms with Gasteiger partial charge in [-0.3, -0.25) is 4.79 Å². The van der Waals surface area contributed by atoms with Crippen LogP contribution in [0.2, 0.25) is 0 Å². The lowest BCUT2D eigenvalue weighted by atomic mass is 9.45. The van der Waals surface area contributed by atoms with Crippen LogP contribution in [-0.2, 0) is 11.2 Å². The molecule has 4 aliphatic rings. The first-order valence-electron chi connectivity index (χ1n) is 12.7. The molecule has 6 rings (SSSR count). The number of aliphatic hydroxyl groups excluding tert-OH is 2. The molecule has 4 aliphatic carbocycles. The maximum Gasteiger partial charge on any atom is 0.251 e. The summed E-state index contributed by atoms with van der Waals surface area (Å²) in [6.45, 7) is 5.48. The Kier molecular flexibility index (Phi) is 4.96. The van der Waals surface area contributed by atoms with E-state index < -0.39 is 29.5 Å². The van der Waals surface area contributed by atoms with Crippen molar-refractivity contribution in [1.29, 1.82) is 0 Å². The van der Waals surface area contributed by atoms with E-state index in [1.165, 1.54) is 5.57 Å². The normalized spacial score (nSPS) is 41.9. The largest absolute Gasteiger partial charge is 0.393 e. The van der Waals surface area contributed by atoms with Crippen molar-refractivity contribution >= 4 is 11.9 Å². The van der Waals surface area contributed by atoms with Crippen LogP contribution in [0.25, 0.3) is 12.0 Å². The lowest BCUT2D eigenvalue weighted by Gasteiger charge is -2.60. The summed E-state index contributed by atoms with van der Waals surface area (Å²) in [5.41, 5.74) is 0.865. The third-order valence-corrected chi connectivity index (χ3v) is 10.3. The molecule has 0 radical (unpaired) electrons. The van der Waals surface area contributed by atoms with E-state index in [-0.39, 0.29) is 29.1 Å². The van der Waals surface area contributed by atoms with Gasteiger partial charge in [-0.05, 0) is 78.9 Å². The minimum atomic E-state index is -1.61. The highest BCUT2D eigenvalue weighted by Crippen LogP contribution is 2.68. The summed E-state index contributed by atoms with van der Waals surface area (Å²) in [6, 6.07) is 1.79. The molecule has 0 amide bonds. The fraction of sp³-hybridized carbons (Fsp3) is 0.630. The molecule has 2 heterocycles. The number of allylic oxidation sites excluding steroid dienone is 1. The average Bonchev–Trinajstić information content (AvgIpc) is 3.33. The second-order valence-corrected chi connectivity index (χ2v) is 11.8. The lowest BCUT2D eigenvalue weighted by molar-refractivity contribution is -0.186. The summed E-state index contributed by atoms with van der Waals surface area (Å²) in [5.74, 6) is 0.124. The molecule has 0 bridgehead atoms. The van der Waals surface area contributed by atoms with Crippen LogP contribution >= 0.6 is 0 Å². The monoisotopic (exact) mass is 478 g/mol. The zero-order chi connectivity index (χ0) is 24.8. The molecule has 0 aromatic carbocycles. The molecular weight excluding hydrogens is 444 g/mol. The molecule has 0 aliphatic heterocycles. The first-order valence-corrected chi connectivity index (χ1v) is 12.7. The smallest absolute Gasteiger partial charge is 0.251 e. The van der Waals surface area contributed by atoms with Gasteiger partial charge in [0, 0.05) is 17.8 Å². The van der Waals surface area contributed by atoms with Crippen LogP contribution in [-0.4, -0.2) is 59.2 Å². The Balaban J connectivity index is 1.39. The number of rotatable bonds is 3. The molecule has 8 heteroatoms. The van der Waals surface area contributed by atoms with E-state index in [1.807, 2.05) is 20.0 Å². The molecule has 0 spiro atoms. The maximum atomic E-state index is 12.8. The van der Waals surface area contributed by atoms with Crippen LogP contribution in [0.4, 0.5) is 0 Å². The Morgan fingerprint density at radius 2 is 2.00 bits per heavy atom. The standard InChI is InChI=1S/C27H34N4O4/c1-15-9-19-18-6-5-17-10-20-16(13-30-31(20)24-28-7-4-8-29-24)11-25(17,2)23(18)21(33)12-26(19,3)27(15,35)22(34)14-32/h4,7-8,10,13,15,18-19,21,23,32-33,35H,5-6,9,11-12,14H2,1-3H3/t15-,18?,19?,21?,23?,25?,26?,27+/m1/s1. The summed E-state index contributed by atoms with van der Waals surface area (Å²) in [5, 5.41) is 37.6. The molecule has 3 saturated carbocycles. The van der Waals surface area contributed by atoms with Gasteiger partial charge in [0.25, 0.3) is 5.95 Å². The Labute approximate surface area is 205 Å². The Hall–Kier alpha value is -2.42. The predicted molar refractivity (Wildman–Crippen MR) is 128 cm³/mol. The van der Waals surface area contributed by atoms with Gasteiger partial charge in [-0.25, -0.2) is 9.97 Å². The van der Waals surface area contributed by atoms with Gasteiger partial charge in [-0.15, -0.1) is 0 Å². The number of carbonyl (C=O) groups excluding carboxylic acids is 1. The number of hydrogen-bond donors (Lipinski definition) is 3. The van der Waals surface area contributed by atoms with Gasteiger partial charge in [0.05, 0.1) is 18.0 Å². The summed E-state index contributed by atoms with van der Waals surface area (Å²) in [4.78, 5) is 21.5. The fourth-order valence-electron chi connectivity index (χ4n) is 8.79. The van der Waals surface area contributed by atoms with Crippen LogP contribution in [0.15, 0.2) is 30.2 Å². The zero-order valence-corrected chi connectivity index (χ0v) is 20.6. The topological polar surface area (TPSA) is 121 Å². The van der Waals surface area contributed by atoms with E-state index in [1.54, 1.807) is 23.1 Å². The summed E-state index contributed by atoms with van der Waals surface area (Å²) < 4.78 is 1.79. The molecular formula is C27H34N4O4. The third-order valence-electron chi connectivity index (χ3n) is 10.3. The number of ketones is 1. The van der Waals surface area contributed by atoms with Crippen LogP contribution in [0, 0.1) is 34.5 Å². The Morgan fingerprint density at radius 3 is 2.71 bits per heavy atom. The number of aromatic nitrogens is 4. The van der Waals surface area contributed by atoms with Gasteiger partial charge < -0.3 is 15.3 Å².